The first kappa shape index (κ1) is 20.8. The lowest BCUT2D eigenvalue weighted by Crippen LogP contribution is -2.45. The van der Waals surface area contributed by atoms with E-state index in [0.717, 1.165) is 31.4 Å². The van der Waals surface area contributed by atoms with Gasteiger partial charge < -0.3 is 29.6 Å². The molecule has 8 nitrogen and oxygen atoms in total. The zero-order chi connectivity index (χ0) is 20.8. The van der Waals surface area contributed by atoms with E-state index in [4.69, 9.17) is 18.9 Å². The third-order valence-electron chi connectivity index (χ3n) is 5.61. The average molecular weight is 415 g/mol. The van der Waals surface area contributed by atoms with Crippen LogP contribution in [0.4, 0.5) is 0 Å². The van der Waals surface area contributed by atoms with E-state index >= 15 is 0 Å². The molecule has 1 aromatic heterocycles. The van der Waals surface area contributed by atoms with Crippen molar-refractivity contribution in [3.05, 3.63) is 41.5 Å². The van der Waals surface area contributed by atoms with Crippen LogP contribution in [0.2, 0.25) is 0 Å². The van der Waals surface area contributed by atoms with Crippen LogP contribution < -0.4 is 24.8 Å². The molecule has 0 aliphatic carbocycles. The molecule has 2 fully saturated rings. The molecule has 4 rings (SSSR count). The Hall–Kier alpha value is -2.42. The number of hydrogen-bond acceptors (Lipinski definition) is 8. The highest BCUT2D eigenvalue weighted by atomic mass is 16.6. The molecule has 0 amide bonds. The second kappa shape index (κ2) is 10.1. The van der Waals surface area contributed by atoms with Crippen molar-refractivity contribution in [1.29, 1.82) is 0 Å². The fourth-order valence-electron chi connectivity index (χ4n) is 4.05. The van der Waals surface area contributed by atoms with Gasteiger partial charge in [-0.05, 0) is 24.9 Å². The van der Waals surface area contributed by atoms with Gasteiger partial charge in [0.05, 0.1) is 33.0 Å². The summed E-state index contributed by atoms with van der Waals surface area (Å²) in [7, 11) is 3.13. The van der Waals surface area contributed by atoms with Crippen molar-refractivity contribution in [2.24, 2.45) is 0 Å². The highest BCUT2D eigenvalue weighted by Crippen LogP contribution is 2.31. The Bertz CT molecular complexity index is 814. The maximum atomic E-state index is 6.15. The fraction of sp³-hybridized carbons (Fsp3) is 0.545. The average Bonchev–Trinajstić information content (AvgIpc) is 3.31. The van der Waals surface area contributed by atoms with Gasteiger partial charge in [0, 0.05) is 25.0 Å². The molecule has 1 aromatic carbocycles. The van der Waals surface area contributed by atoms with Gasteiger partial charge in [-0.25, -0.2) is 0 Å². The summed E-state index contributed by atoms with van der Waals surface area (Å²) in [4.78, 5) is 8.82. The van der Waals surface area contributed by atoms with Crippen LogP contribution in [0.1, 0.15) is 36.4 Å². The highest BCUT2D eigenvalue weighted by molar-refractivity contribution is 5.37. The van der Waals surface area contributed by atoms with Crippen molar-refractivity contribution >= 4 is 0 Å². The largest absolute Gasteiger partial charge is 0.481 e. The number of benzene rings is 1. The summed E-state index contributed by atoms with van der Waals surface area (Å²) >= 11 is 0. The van der Waals surface area contributed by atoms with Crippen molar-refractivity contribution in [2.75, 3.05) is 34.0 Å². The molecule has 162 valence electrons. The summed E-state index contributed by atoms with van der Waals surface area (Å²) < 4.78 is 22.4. The van der Waals surface area contributed by atoms with Crippen LogP contribution >= 0.6 is 0 Å². The number of aromatic nitrogens is 2. The second-order valence-electron chi connectivity index (χ2n) is 7.58. The lowest BCUT2D eigenvalue weighted by atomic mass is 9.92. The quantitative estimate of drug-likeness (QED) is 0.680. The number of nitrogens with zero attached hydrogens (tertiary/aromatic N) is 2. The number of methoxy groups -OCH3 is 2. The Kier molecular flexibility index (Phi) is 6.99. The first-order valence-electron chi connectivity index (χ1n) is 10.5. The zero-order valence-corrected chi connectivity index (χ0v) is 17.6. The highest BCUT2D eigenvalue weighted by Gasteiger charge is 2.28. The number of nitrogens with one attached hydrogen (secondary N) is 2. The van der Waals surface area contributed by atoms with E-state index in [1.807, 2.05) is 6.07 Å². The number of rotatable bonds is 8. The third-order valence-corrected chi connectivity index (χ3v) is 5.61. The molecule has 2 saturated heterocycles. The summed E-state index contributed by atoms with van der Waals surface area (Å²) in [6.45, 7) is 2.81. The van der Waals surface area contributed by atoms with E-state index in [1.165, 1.54) is 12.7 Å². The standard InChI is InChI=1S/C22H30N4O4/c1-27-20-17(21(26-22(25-20)28-2)30-16-10-12-29-14-16)13-24-18-9-6-11-23-19(18)15-7-4-3-5-8-15/h3-5,7-8,16,18-19,23-24H,6,9-14H2,1-2H3/t16-,18+,19+/m1/s1. The first-order valence-corrected chi connectivity index (χ1v) is 10.5. The van der Waals surface area contributed by atoms with Crippen molar-refractivity contribution in [3.63, 3.8) is 0 Å². The molecule has 8 heteroatoms. The van der Waals surface area contributed by atoms with E-state index in [1.54, 1.807) is 7.11 Å². The predicted octanol–water partition coefficient (Wildman–Crippen LogP) is 2.24. The molecule has 2 aromatic rings. The molecule has 2 N–H and O–H groups in total. The van der Waals surface area contributed by atoms with E-state index < -0.39 is 0 Å². The SMILES string of the molecule is COc1nc(OC)c(CN[C@H]2CCCN[C@H]2c2ccccc2)c(O[C@@H]2CCOC2)n1. The minimum atomic E-state index is -0.0264. The molecular formula is C22H30N4O4. The van der Waals surface area contributed by atoms with Gasteiger partial charge >= 0.3 is 6.01 Å². The third kappa shape index (κ3) is 4.83. The van der Waals surface area contributed by atoms with Crippen LogP contribution in [0, 0.1) is 0 Å². The Balaban J connectivity index is 1.54. The predicted molar refractivity (Wildman–Crippen MR) is 112 cm³/mol. The van der Waals surface area contributed by atoms with Gasteiger partial charge in [-0.1, -0.05) is 30.3 Å². The molecule has 0 bridgehead atoms. The summed E-state index contributed by atoms with van der Waals surface area (Å²) in [5.41, 5.74) is 2.08. The Morgan fingerprint density at radius 2 is 1.93 bits per heavy atom. The van der Waals surface area contributed by atoms with E-state index in [-0.39, 0.29) is 24.2 Å². The Morgan fingerprint density at radius 1 is 1.10 bits per heavy atom. The Morgan fingerprint density at radius 3 is 2.67 bits per heavy atom. The summed E-state index contributed by atoms with van der Waals surface area (Å²) in [6, 6.07) is 11.3. The van der Waals surface area contributed by atoms with Crippen molar-refractivity contribution in [2.45, 2.75) is 44.0 Å². The van der Waals surface area contributed by atoms with Gasteiger partial charge in [-0.3, -0.25) is 0 Å². The van der Waals surface area contributed by atoms with Crippen molar-refractivity contribution in [1.82, 2.24) is 20.6 Å². The van der Waals surface area contributed by atoms with Crippen LogP contribution in [0.3, 0.4) is 0 Å². The molecule has 0 saturated carbocycles. The summed E-state index contributed by atoms with van der Waals surface area (Å²) in [5.74, 6) is 0.949. The molecule has 3 atom stereocenters. The number of ether oxygens (including phenoxy) is 4. The minimum Gasteiger partial charge on any atom is -0.481 e. The molecule has 0 spiro atoms. The molecular weight excluding hydrogens is 384 g/mol. The smallest absolute Gasteiger partial charge is 0.322 e. The lowest BCUT2D eigenvalue weighted by molar-refractivity contribution is 0.135. The molecule has 2 aliphatic rings. The van der Waals surface area contributed by atoms with Gasteiger partial charge in [0.1, 0.15) is 6.10 Å². The maximum Gasteiger partial charge on any atom is 0.322 e. The van der Waals surface area contributed by atoms with E-state index in [2.05, 4.69) is 44.9 Å². The van der Waals surface area contributed by atoms with Gasteiger partial charge in [0.25, 0.3) is 0 Å². The van der Waals surface area contributed by atoms with Crippen LogP contribution in [-0.4, -0.2) is 56.1 Å². The number of hydrogen-bond donors (Lipinski definition) is 2. The second-order valence-corrected chi connectivity index (χ2v) is 7.58. The molecule has 0 unspecified atom stereocenters. The summed E-state index contributed by atoms with van der Waals surface area (Å²) in [6.07, 6.45) is 3.02. The van der Waals surface area contributed by atoms with Crippen molar-refractivity contribution in [3.8, 4) is 17.8 Å². The van der Waals surface area contributed by atoms with Crippen LogP contribution in [0.5, 0.6) is 17.8 Å². The number of piperidine rings is 1. The van der Waals surface area contributed by atoms with Gasteiger partial charge in [-0.2, -0.15) is 9.97 Å². The topological polar surface area (TPSA) is 86.8 Å². The van der Waals surface area contributed by atoms with Gasteiger partial charge in [0.2, 0.25) is 11.8 Å². The van der Waals surface area contributed by atoms with Gasteiger partial charge in [0.15, 0.2) is 0 Å². The van der Waals surface area contributed by atoms with Crippen LogP contribution in [-0.2, 0) is 11.3 Å². The van der Waals surface area contributed by atoms with Crippen LogP contribution in [0.25, 0.3) is 0 Å². The zero-order valence-electron chi connectivity index (χ0n) is 17.6. The maximum absolute atomic E-state index is 6.15. The first-order chi connectivity index (χ1) is 14.8. The van der Waals surface area contributed by atoms with Gasteiger partial charge in [-0.15, -0.1) is 0 Å². The molecule has 30 heavy (non-hydrogen) atoms. The normalized spacial score (nSPS) is 23.9. The van der Waals surface area contributed by atoms with Crippen LogP contribution in [0.15, 0.2) is 30.3 Å². The molecule has 2 aliphatic heterocycles. The minimum absolute atomic E-state index is 0.0264. The summed E-state index contributed by atoms with van der Waals surface area (Å²) in [5, 5.41) is 7.34. The van der Waals surface area contributed by atoms with Crippen molar-refractivity contribution < 1.29 is 18.9 Å². The van der Waals surface area contributed by atoms with E-state index in [0.29, 0.717) is 31.5 Å². The lowest BCUT2D eigenvalue weighted by Gasteiger charge is -2.34. The van der Waals surface area contributed by atoms with E-state index in [9.17, 15) is 0 Å². The molecule has 3 heterocycles. The monoisotopic (exact) mass is 414 g/mol. The fourth-order valence-corrected chi connectivity index (χ4v) is 4.05. The molecule has 0 radical (unpaired) electrons. The Labute approximate surface area is 177 Å².